The van der Waals surface area contributed by atoms with Gasteiger partial charge in [0.15, 0.2) is 0 Å². The minimum Gasteiger partial charge on any atom is -0.481 e. The Kier molecular flexibility index (Phi) is 4.55. The summed E-state index contributed by atoms with van der Waals surface area (Å²) in [5, 5.41) is 18.3. The van der Waals surface area contributed by atoms with Gasteiger partial charge in [0, 0.05) is 5.82 Å². The van der Waals surface area contributed by atoms with Gasteiger partial charge in [0.2, 0.25) is 0 Å². The van der Waals surface area contributed by atoms with Gasteiger partial charge >= 0.3 is 19.1 Å². The lowest BCUT2D eigenvalue weighted by atomic mass is 9.66. The fourth-order valence-electron chi connectivity index (χ4n) is 2.51. The average molecular weight is 320 g/mol. The maximum atomic E-state index is 11.3. The smallest absolute Gasteiger partial charge is 0.466 e. The topological polar surface area (TPSA) is 93.1 Å². The van der Waals surface area contributed by atoms with Gasteiger partial charge in [0.05, 0.1) is 23.2 Å². The monoisotopic (exact) mass is 320 g/mol. The maximum Gasteiger partial charge on any atom is 0.466 e. The van der Waals surface area contributed by atoms with E-state index in [0.29, 0.717) is 5.56 Å². The Morgan fingerprint density at radius 1 is 1.13 bits per heavy atom. The first-order valence-corrected chi connectivity index (χ1v) is 7.44. The zero-order chi connectivity index (χ0) is 17.4. The SMILES string of the molecule is CC1(C)OB(C(CC(=O)O)c2cccc(C(=O)O)c2)OC1(C)C. The van der Waals surface area contributed by atoms with Crippen LogP contribution in [0.25, 0.3) is 0 Å². The van der Waals surface area contributed by atoms with Crippen molar-refractivity contribution in [1.82, 2.24) is 0 Å². The number of hydrogen-bond acceptors (Lipinski definition) is 4. The molecule has 1 heterocycles. The summed E-state index contributed by atoms with van der Waals surface area (Å²) in [6.07, 6.45) is -0.208. The van der Waals surface area contributed by atoms with E-state index in [0.717, 1.165) is 0 Å². The molecule has 2 rings (SSSR count). The lowest BCUT2D eigenvalue weighted by Crippen LogP contribution is -2.41. The van der Waals surface area contributed by atoms with E-state index in [4.69, 9.17) is 14.4 Å². The molecule has 7 heteroatoms. The van der Waals surface area contributed by atoms with Crippen LogP contribution in [0.3, 0.4) is 0 Å². The standard InChI is InChI=1S/C16H21BO6/c1-15(2)16(3,4)23-17(22-15)12(9-13(18)19)10-6-5-7-11(8-10)14(20)21/h5-8,12H,9H2,1-4H3,(H,18,19)(H,20,21). The van der Waals surface area contributed by atoms with Gasteiger partial charge in [-0.3, -0.25) is 4.79 Å². The molecule has 0 bridgehead atoms. The van der Waals surface area contributed by atoms with Crippen LogP contribution in [0.5, 0.6) is 0 Å². The summed E-state index contributed by atoms with van der Waals surface area (Å²) in [6, 6.07) is 6.23. The molecule has 1 fully saturated rings. The van der Waals surface area contributed by atoms with E-state index < -0.39 is 36.1 Å². The molecular formula is C16H21BO6. The van der Waals surface area contributed by atoms with Gasteiger partial charge in [-0.1, -0.05) is 12.1 Å². The van der Waals surface area contributed by atoms with Crippen LogP contribution >= 0.6 is 0 Å². The lowest BCUT2D eigenvalue weighted by Gasteiger charge is -2.32. The molecule has 6 nitrogen and oxygen atoms in total. The predicted octanol–water partition coefficient (Wildman–Crippen LogP) is 2.57. The van der Waals surface area contributed by atoms with E-state index in [1.807, 2.05) is 27.7 Å². The molecule has 1 aliphatic rings. The average Bonchev–Trinajstić information content (AvgIpc) is 2.64. The number of carboxylic acids is 2. The summed E-state index contributed by atoms with van der Waals surface area (Å²) in [4.78, 5) is 22.4. The summed E-state index contributed by atoms with van der Waals surface area (Å²) in [5.41, 5.74) is -0.488. The van der Waals surface area contributed by atoms with Gasteiger partial charge in [-0.25, -0.2) is 4.79 Å². The molecular weight excluding hydrogens is 299 g/mol. The Balaban J connectivity index is 2.37. The third-order valence-electron chi connectivity index (χ3n) is 4.56. The molecule has 0 saturated carbocycles. The van der Waals surface area contributed by atoms with Crippen LogP contribution in [-0.2, 0) is 14.1 Å². The van der Waals surface area contributed by atoms with Crippen molar-refractivity contribution in [2.75, 3.05) is 0 Å². The van der Waals surface area contributed by atoms with Gasteiger partial charge in [-0.15, -0.1) is 0 Å². The molecule has 1 aromatic rings. The fraction of sp³-hybridized carbons (Fsp3) is 0.500. The second-order valence-electron chi connectivity index (χ2n) is 6.76. The highest BCUT2D eigenvalue weighted by Crippen LogP contribution is 2.41. The van der Waals surface area contributed by atoms with Gasteiger partial charge in [-0.05, 0) is 45.4 Å². The van der Waals surface area contributed by atoms with E-state index in [1.54, 1.807) is 12.1 Å². The molecule has 23 heavy (non-hydrogen) atoms. The van der Waals surface area contributed by atoms with Crippen molar-refractivity contribution in [3.05, 3.63) is 35.4 Å². The van der Waals surface area contributed by atoms with Crippen molar-refractivity contribution < 1.29 is 29.1 Å². The zero-order valence-corrected chi connectivity index (χ0v) is 13.7. The van der Waals surface area contributed by atoms with E-state index in [-0.39, 0.29) is 12.0 Å². The second kappa shape index (κ2) is 5.98. The molecule has 1 saturated heterocycles. The number of carboxylic acid groups (broad SMARTS) is 2. The molecule has 0 aliphatic carbocycles. The third kappa shape index (κ3) is 3.56. The predicted molar refractivity (Wildman–Crippen MR) is 84.5 cm³/mol. The molecule has 1 unspecified atom stereocenters. The second-order valence-corrected chi connectivity index (χ2v) is 6.76. The van der Waals surface area contributed by atoms with Gasteiger partial charge in [0.25, 0.3) is 0 Å². The van der Waals surface area contributed by atoms with Crippen molar-refractivity contribution >= 4 is 19.1 Å². The van der Waals surface area contributed by atoms with Crippen LogP contribution in [0.15, 0.2) is 24.3 Å². The summed E-state index contributed by atoms with van der Waals surface area (Å²) in [5.74, 6) is -2.65. The summed E-state index contributed by atoms with van der Waals surface area (Å²) < 4.78 is 11.9. The van der Waals surface area contributed by atoms with Crippen LogP contribution in [0.1, 0.15) is 55.9 Å². The summed E-state index contributed by atoms with van der Waals surface area (Å²) in [7, 11) is -0.750. The van der Waals surface area contributed by atoms with Crippen LogP contribution < -0.4 is 0 Å². The molecule has 0 radical (unpaired) electrons. The normalized spacial score (nSPS) is 20.3. The van der Waals surface area contributed by atoms with Gasteiger partial charge < -0.3 is 19.5 Å². The van der Waals surface area contributed by atoms with E-state index in [9.17, 15) is 14.7 Å². The quantitative estimate of drug-likeness (QED) is 0.810. The maximum absolute atomic E-state index is 11.3. The van der Waals surface area contributed by atoms with Crippen molar-refractivity contribution in [3.8, 4) is 0 Å². The van der Waals surface area contributed by atoms with E-state index >= 15 is 0 Å². The Morgan fingerprint density at radius 2 is 1.70 bits per heavy atom. The Labute approximate surface area is 135 Å². The minimum absolute atomic E-state index is 0.106. The van der Waals surface area contributed by atoms with Crippen LogP contribution in [0, 0.1) is 0 Å². The first-order valence-electron chi connectivity index (χ1n) is 7.44. The highest BCUT2D eigenvalue weighted by atomic mass is 16.7. The number of carbonyl (C=O) groups is 2. The van der Waals surface area contributed by atoms with Crippen molar-refractivity contribution in [2.24, 2.45) is 0 Å². The number of aliphatic carboxylic acids is 1. The molecule has 1 aromatic carbocycles. The minimum atomic E-state index is -1.06. The Hall–Kier alpha value is -1.86. The molecule has 0 spiro atoms. The number of aromatic carboxylic acids is 1. The zero-order valence-electron chi connectivity index (χ0n) is 13.7. The third-order valence-corrected chi connectivity index (χ3v) is 4.56. The Morgan fingerprint density at radius 3 is 2.17 bits per heavy atom. The first-order chi connectivity index (χ1) is 10.5. The largest absolute Gasteiger partial charge is 0.481 e. The van der Waals surface area contributed by atoms with Crippen LogP contribution in [-0.4, -0.2) is 40.5 Å². The first kappa shape index (κ1) is 17.5. The summed E-state index contributed by atoms with van der Waals surface area (Å²) in [6.45, 7) is 7.55. The molecule has 0 amide bonds. The van der Waals surface area contributed by atoms with Crippen molar-refractivity contribution in [2.45, 2.75) is 51.1 Å². The number of hydrogen-bond donors (Lipinski definition) is 2. The number of rotatable bonds is 5. The molecule has 0 aromatic heterocycles. The highest BCUT2D eigenvalue weighted by Gasteiger charge is 2.54. The van der Waals surface area contributed by atoms with Crippen LogP contribution in [0.4, 0.5) is 0 Å². The van der Waals surface area contributed by atoms with Crippen molar-refractivity contribution in [3.63, 3.8) is 0 Å². The molecule has 124 valence electrons. The van der Waals surface area contributed by atoms with Crippen LogP contribution in [0.2, 0.25) is 0 Å². The lowest BCUT2D eigenvalue weighted by molar-refractivity contribution is -0.137. The van der Waals surface area contributed by atoms with E-state index in [2.05, 4.69) is 0 Å². The number of benzene rings is 1. The van der Waals surface area contributed by atoms with E-state index in [1.165, 1.54) is 12.1 Å². The fourth-order valence-corrected chi connectivity index (χ4v) is 2.51. The van der Waals surface area contributed by atoms with Gasteiger partial charge in [-0.2, -0.15) is 0 Å². The Bertz CT molecular complexity index is 609. The summed E-state index contributed by atoms with van der Waals surface area (Å²) >= 11 is 0. The molecule has 1 aliphatic heterocycles. The molecule has 2 N–H and O–H groups in total. The highest BCUT2D eigenvalue weighted by molar-refractivity contribution is 6.48. The van der Waals surface area contributed by atoms with Gasteiger partial charge in [0.1, 0.15) is 0 Å². The molecule has 1 atom stereocenters. The van der Waals surface area contributed by atoms with Crippen molar-refractivity contribution in [1.29, 1.82) is 0 Å².